The van der Waals surface area contributed by atoms with Crippen LogP contribution in [0.15, 0.2) is 30.5 Å². The fourth-order valence-corrected chi connectivity index (χ4v) is 1.30. The van der Waals surface area contributed by atoms with Gasteiger partial charge in [-0.05, 0) is 29.3 Å². The highest BCUT2D eigenvalue weighted by atomic mass is 35.5. The topological polar surface area (TPSA) is 50.7 Å². The van der Waals surface area contributed by atoms with E-state index in [0.717, 1.165) is 5.56 Å². The van der Waals surface area contributed by atoms with Crippen LogP contribution in [0.3, 0.4) is 0 Å². The maximum Gasteiger partial charge on any atom is 0.244 e. The average molecular weight is 239 g/mol. The zero-order valence-electron chi connectivity index (χ0n) is 8.19. The first kappa shape index (κ1) is 10.8. The van der Waals surface area contributed by atoms with Gasteiger partial charge in [0.1, 0.15) is 11.6 Å². The SMILES string of the molecule is Fc1ccc(CNc2cnnc(Cl)n2)cc1. The largest absolute Gasteiger partial charge is 0.365 e. The maximum absolute atomic E-state index is 12.6. The maximum atomic E-state index is 12.6. The highest BCUT2D eigenvalue weighted by molar-refractivity contribution is 6.28. The van der Waals surface area contributed by atoms with Crippen LogP contribution in [0.1, 0.15) is 5.56 Å². The Kier molecular flexibility index (Phi) is 3.26. The van der Waals surface area contributed by atoms with Crippen LogP contribution in [0, 0.1) is 5.82 Å². The van der Waals surface area contributed by atoms with Crippen LogP contribution in [-0.4, -0.2) is 15.2 Å². The molecule has 1 N–H and O–H groups in total. The molecule has 0 radical (unpaired) electrons. The zero-order valence-corrected chi connectivity index (χ0v) is 8.95. The Morgan fingerprint density at radius 3 is 2.69 bits per heavy atom. The Balaban J connectivity index is 1.99. The van der Waals surface area contributed by atoms with Gasteiger partial charge in [-0.15, -0.1) is 5.10 Å². The van der Waals surface area contributed by atoms with Gasteiger partial charge in [-0.3, -0.25) is 0 Å². The quantitative estimate of drug-likeness (QED) is 0.891. The predicted octanol–water partition coefficient (Wildman–Crippen LogP) is 2.28. The van der Waals surface area contributed by atoms with E-state index < -0.39 is 0 Å². The molecule has 0 amide bonds. The van der Waals surface area contributed by atoms with Crippen molar-refractivity contribution in [1.29, 1.82) is 0 Å². The summed E-state index contributed by atoms with van der Waals surface area (Å²) in [6, 6.07) is 6.20. The molecule has 0 bridgehead atoms. The van der Waals surface area contributed by atoms with Crippen molar-refractivity contribution in [3.8, 4) is 0 Å². The summed E-state index contributed by atoms with van der Waals surface area (Å²) < 4.78 is 12.6. The van der Waals surface area contributed by atoms with Gasteiger partial charge in [0.25, 0.3) is 0 Å². The van der Waals surface area contributed by atoms with Crippen molar-refractivity contribution in [2.75, 3.05) is 5.32 Å². The first-order chi connectivity index (χ1) is 7.74. The number of anilines is 1. The van der Waals surface area contributed by atoms with Crippen molar-refractivity contribution < 1.29 is 4.39 Å². The van der Waals surface area contributed by atoms with Gasteiger partial charge in [-0.25, -0.2) is 4.39 Å². The molecule has 0 saturated heterocycles. The molecule has 0 aliphatic rings. The van der Waals surface area contributed by atoms with Crippen molar-refractivity contribution in [3.05, 3.63) is 47.1 Å². The summed E-state index contributed by atoms with van der Waals surface area (Å²) in [5.41, 5.74) is 0.941. The monoisotopic (exact) mass is 238 g/mol. The third-order valence-electron chi connectivity index (χ3n) is 1.92. The number of benzene rings is 1. The van der Waals surface area contributed by atoms with Gasteiger partial charge in [0.15, 0.2) is 0 Å². The van der Waals surface area contributed by atoms with Gasteiger partial charge in [-0.2, -0.15) is 10.1 Å². The second kappa shape index (κ2) is 4.85. The van der Waals surface area contributed by atoms with Crippen LogP contribution in [-0.2, 0) is 6.54 Å². The molecule has 2 aromatic rings. The van der Waals surface area contributed by atoms with Crippen molar-refractivity contribution in [2.45, 2.75) is 6.54 Å². The lowest BCUT2D eigenvalue weighted by Gasteiger charge is -2.04. The highest BCUT2D eigenvalue weighted by Gasteiger charge is 1.98. The molecule has 1 aromatic carbocycles. The molecule has 6 heteroatoms. The van der Waals surface area contributed by atoms with E-state index in [9.17, 15) is 4.39 Å². The predicted molar refractivity (Wildman–Crippen MR) is 58.6 cm³/mol. The van der Waals surface area contributed by atoms with Crippen molar-refractivity contribution in [1.82, 2.24) is 15.2 Å². The third-order valence-corrected chi connectivity index (χ3v) is 2.08. The Labute approximate surface area is 96.5 Å². The molecule has 0 atom stereocenters. The Morgan fingerprint density at radius 1 is 1.25 bits per heavy atom. The molecule has 2 rings (SSSR count). The van der Waals surface area contributed by atoms with E-state index in [4.69, 9.17) is 11.6 Å². The molecule has 0 fully saturated rings. The second-order valence-corrected chi connectivity index (χ2v) is 3.43. The Bertz CT molecular complexity index is 475. The summed E-state index contributed by atoms with van der Waals surface area (Å²) in [6.07, 6.45) is 1.47. The summed E-state index contributed by atoms with van der Waals surface area (Å²) in [6.45, 7) is 0.523. The molecule has 0 aliphatic heterocycles. The van der Waals surface area contributed by atoms with Crippen LogP contribution < -0.4 is 5.32 Å². The van der Waals surface area contributed by atoms with Crippen molar-refractivity contribution in [2.24, 2.45) is 0 Å². The molecule has 1 heterocycles. The van der Waals surface area contributed by atoms with Gasteiger partial charge in [0, 0.05) is 6.54 Å². The molecule has 0 spiro atoms. The van der Waals surface area contributed by atoms with Crippen LogP contribution in [0.4, 0.5) is 10.2 Å². The van der Waals surface area contributed by atoms with Gasteiger partial charge in [0.2, 0.25) is 5.28 Å². The molecular weight excluding hydrogens is 231 g/mol. The number of hydrogen-bond donors (Lipinski definition) is 1. The molecule has 0 aliphatic carbocycles. The average Bonchev–Trinajstić information content (AvgIpc) is 2.28. The molecule has 4 nitrogen and oxygen atoms in total. The van der Waals surface area contributed by atoms with Crippen molar-refractivity contribution in [3.63, 3.8) is 0 Å². The van der Waals surface area contributed by atoms with E-state index in [1.807, 2.05) is 0 Å². The molecule has 0 saturated carbocycles. The number of nitrogens with one attached hydrogen (secondary N) is 1. The highest BCUT2D eigenvalue weighted by Crippen LogP contribution is 2.07. The summed E-state index contributed by atoms with van der Waals surface area (Å²) >= 11 is 5.57. The van der Waals surface area contributed by atoms with Crippen LogP contribution >= 0.6 is 11.6 Å². The van der Waals surface area contributed by atoms with Crippen LogP contribution in [0.25, 0.3) is 0 Å². The number of rotatable bonds is 3. The molecule has 1 aromatic heterocycles. The van der Waals surface area contributed by atoms with Crippen molar-refractivity contribution >= 4 is 17.4 Å². The fourth-order valence-electron chi connectivity index (χ4n) is 1.16. The molecule has 0 unspecified atom stereocenters. The lowest BCUT2D eigenvalue weighted by atomic mass is 10.2. The Morgan fingerprint density at radius 2 is 2.00 bits per heavy atom. The number of hydrogen-bond acceptors (Lipinski definition) is 4. The van der Waals surface area contributed by atoms with E-state index >= 15 is 0 Å². The summed E-state index contributed by atoms with van der Waals surface area (Å²) in [5.74, 6) is 0.278. The van der Waals surface area contributed by atoms with Gasteiger partial charge in [-0.1, -0.05) is 12.1 Å². The van der Waals surface area contributed by atoms with Gasteiger partial charge >= 0.3 is 0 Å². The minimum Gasteiger partial charge on any atom is -0.365 e. The first-order valence-electron chi connectivity index (χ1n) is 4.57. The second-order valence-electron chi connectivity index (χ2n) is 3.09. The van der Waals surface area contributed by atoms with Gasteiger partial charge in [0.05, 0.1) is 6.20 Å². The molecule has 82 valence electrons. The molecule has 16 heavy (non-hydrogen) atoms. The minimum atomic E-state index is -0.254. The zero-order chi connectivity index (χ0) is 11.4. The third kappa shape index (κ3) is 2.87. The van der Waals surface area contributed by atoms with Crippen LogP contribution in [0.5, 0.6) is 0 Å². The van der Waals surface area contributed by atoms with Crippen LogP contribution in [0.2, 0.25) is 5.28 Å². The van der Waals surface area contributed by atoms with E-state index in [1.54, 1.807) is 12.1 Å². The summed E-state index contributed by atoms with van der Waals surface area (Å²) in [7, 11) is 0. The standard InChI is InChI=1S/C10H8ClFN4/c11-10-15-9(6-14-16-10)13-5-7-1-3-8(12)4-2-7/h1-4,6H,5H2,(H,13,15,16). The minimum absolute atomic E-state index is 0.0871. The molecular formula is C10H8ClFN4. The Hall–Kier alpha value is -1.75. The van der Waals surface area contributed by atoms with E-state index in [0.29, 0.717) is 12.4 Å². The van der Waals surface area contributed by atoms with E-state index in [2.05, 4.69) is 20.5 Å². The number of nitrogens with zero attached hydrogens (tertiary/aromatic N) is 3. The summed E-state index contributed by atoms with van der Waals surface area (Å²) in [4.78, 5) is 3.91. The normalized spacial score (nSPS) is 10.1. The fraction of sp³-hybridized carbons (Fsp3) is 0.100. The smallest absolute Gasteiger partial charge is 0.244 e. The van der Waals surface area contributed by atoms with E-state index in [1.165, 1.54) is 18.3 Å². The number of aromatic nitrogens is 3. The first-order valence-corrected chi connectivity index (χ1v) is 4.95. The summed E-state index contributed by atoms with van der Waals surface area (Å²) in [5, 5.41) is 10.3. The van der Waals surface area contributed by atoms with E-state index in [-0.39, 0.29) is 11.1 Å². The number of halogens is 2. The van der Waals surface area contributed by atoms with Gasteiger partial charge < -0.3 is 5.32 Å². The lowest BCUT2D eigenvalue weighted by molar-refractivity contribution is 0.627. The lowest BCUT2D eigenvalue weighted by Crippen LogP contribution is -2.02.